The lowest BCUT2D eigenvalue weighted by molar-refractivity contribution is -0.131. The van der Waals surface area contributed by atoms with Crippen molar-refractivity contribution >= 4 is 17.6 Å². The van der Waals surface area contributed by atoms with Crippen molar-refractivity contribution in [3.8, 4) is 11.8 Å². The zero-order chi connectivity index (χ0) is 12.0. The average Bonchev–Trinajstić information content (AvgIpc) is 2.24. The molecule has 0 radical (unpaired) electrons. The highest BCUT2D eigenvalue weighted by molar-refractivity contribution is 6.31. The molecule has 0 saturated heterocycles. The number of aliphatic carboxylic acids is 1. The Hall–Kier alpha value is -1.99. The summed E-state index contributed by atoms with van der Waals surface area (Å²) in [5, 5.41) is 17.3. The number of rotatable bonds is 4. The summed E-state index contributed by atoms with van der Waals surface area (Å²) in [4.78, 5) is 10.1. The van der Waals surface area contributed by atoms with Crippen LogP contribution in [-0.2, 0) is 4.79 Å². The number of carboxylic acid groups (broad SMARTS) is 1. The molecule has 0 bridgehead atoms. The number of benzene rings is 1. The number of nitrogens with zero attached hydrogens (tertiary/aromatic N) is 1. The topological polar surface area (TPSA) is 70.3 Å². The Balaban J connectivity index is 2.59. The third-order valence-electron chi connectivity index (χ3n) is 1.67. The highest BCUT2D eigenvalue weighted by Gasteiger charge is 2.00. The Morgan fingerprint density at radius 2 is 2.38 bits per heavy atom. The van der Waals surface area contributed by atoms with Crippen molar-refractivity contribution in [3.05, 3.63) is 40.9 Å². The highest BCUT2D eigenvalue weighted by atomic mass is 35.5. The molecule has 1 N–H and O–H groups in total. The van der Waals surface area contributed by atoms with Crippen LogP contribution in [0, 0.1) is 11.3 Å². The van der Waals surface area contributed by atoms with Gasteiger partial charge in [-0.3, -0.25) is 0 Å². The molecule has 0 spiro atoms. The van der Waals surface area contributed by atoms with Crippen molar-refractivity contribution in [3.63, 3.8) is 0 Å². The molecule has 16 heavy (non-hydrogen) atoms. The molecular formula is C11H8ClNO3. The number of carboxylic acids is 1. The van der Waals surface area contributed by atoms with E-state index in [0.29, 0.717) is 16.3 Å². The molecule has 82 valence electrons. The normalized spacial score (nSPS) is 10.0. The molecule has 0 amide bonds. The first-order valence-electron chi connectivity index (χ1n) is 4.35. The number of hydrogen-bond acceptors (Lipinski definition) is 3. The van der Waals surface area contributed by atoms with Crippen LogP contribution in [0.15, 0.2) is 30.4 Å². The summed E-state index contributed by atoms with van der Waals surface area (Å²) >= 11 is 5.78. The van der Waals surface area contributed by atoms with Crippen LogP contribution in [0.1, 0.15) is 5.56 Å². The Labute approximate surface area is 97.3 Å². The van der Waals surface area contributed by atoms with E-state index in [0.717, 1.165) is 6.08 Å². The van der Waals surface area contributed by atoms with Gasteiger partial charge in [-0.25, -0.2) is 4.79 Å². The molecule has 4 nitrogen and oxygen atoms in total. The lowest BCUT2D eigenvalue weighted by atomic mass is 10.2. The maximum Gasteiger partial charge on any atom is 0.328 e. The zero-order valence-corrected chi connectivity index (χ0v) is 8.94. The highest BCUT2D eigenvalue weighted by Crippen LogP contribution is 2.21. The van der Waals surface area contributed by atoms with Gasteiger partial charge in [0.2, 0.25) is 0 Å². The van der Waals surface area contributed by atoms with E-state index < -0.39 is 5.97 Å². The van der Waals surface area contributed by atoms with Crippen molar-refractivity contribution in [1.82, 2.24) is 0 Å². The molecule has 0 saturated carbocycles. The summed E-state index contributed by atoms with van der Waals surface area (Å²) in [5.41, 5.74) is 0.370. The standard InChI is InChI=1S/C11H8ClNO3/c12-10-6-9(4-3-8(10)7-13)16-5-1-2-11(14)15/h1-4,6H,5H2,(H,14,15)/b2-1+. The smallest absolute Gasteiger partial charge is 0.328 e. The van der Waals surface area contributed by atoms with Crippen LogP contribution >= 0.6 is 11.6 Å². The monoisotopic (exact) mass is 237 g/mol. The first-order valence-corrected chi connectivity index (χ1v) is 4.73. The molecule has 0 aromatic heterocycles. The van der Waals surface area contributed by atoms with E-state index in [9.17, 15) is 4.79 Å². The molecular weight excluding hydrogens is 230 g/mol. The molecule has 0 unspecified atom stereocenters. The fraction of sp³-hybridized carbons (Fsp3) is 0.0909. The van der Waals surface area contributed by atoms with Gasteiger partial charge in [-0.05, 0) is 18.2 Å². The minimum absolute atomic E-state index is 0.133. The predicted octanol–water partition coefficient (Wildman–Crippen LogP) is 2.23. The summed E-state index contributed by atoms with van der Waals surface area (Å²) in [6, 6.07) is 6.57. The Kier molecular flexibility index (Phi) is 4.37. The molecule has 5 heteroatoms. The van der Waals surface area contributed by atoms with Crippen molar-refractivity contribution in [1.29, 1.82) is 5.26 Å². The second kappa shape index (κ2) is 5.79. The van der Waals surface area contributed by atoms with Gasteiger partial charge >= 0.3 is 5.97 Å². The average molecular weight is 238 g/mol. The van der Waals surface area contributed by atoms with E-state index in [-0.39, 0.29) is 6.61 Å². The van der Waals surface area contributed by atoms with Crippen LogP contribution in [0.25, 0.3) is 0 Å². The SMILES string of the molecule is N#Cc1ccc(OC/C=C/C(=O)O)cc1Cl. The van der Waals surface area contributed by atoms with Crippen LogP contribution in [0.3, 0.4) is 0 Å². The zero-order valence-electron chi connectivity index (χ0n) is 8.18. The van der Waals surface area contributed by atoms with E-state index in [1.165, 1.54) is 12.1 Å². The van der Waals surface area contributed by atoms with Gasteiger partial charge in [0.1, 0.15) is 18.4 Å². The molecule has 0 heterocycles. The van der Waals surface area contributed by atoms with E-state index in [1.54, 1.807) is 12.1 Å². The predicted molar refractivity (Wildman–Crippen MR) is 58.4 cm³/mol. The van der Waals surface area contributed by atoms with Gasteiger partial charge in [-0.15, -0.1) is 0 Å². The number of nitriles is 1. The quantitative estimate of drug-likeness (QED) is 0.816. The van der Waals surface area contributed by atoms with Crippen LogP contribution in [0.4, 0.5) is 0 Å². The molecule has 1 aromatic carbocycles. The van der Waals surface area contributed by atoms with Crippen LogP contribution in [-0.4, -0.2) is 17.7 Å². The van der Waals surface area contributed by atoms with Crippen molar-refractivity contribution in [2.75, 3.05) is 6.61 Å². The minimum atomic E-state index is -1.03. The summed E-state index contributed by atoms with van der Waals surface area (Å²) in [7, 11) is 0. The maximum atomic E-state index is 10.1. The number of halogens is 1. The van der Waals surface area contributed by atoms with Crippen LogP contribution in [0.2, 0.25) is 5.02 Å². The fourth-order valence-electron chi connectivity index (χ4n) is 0.970. The third-order valence-corrected chi connectivity index (χ3v) is 1.98. The van der Waals surface area contributed by atoms with Crippen molar-refractivity contribution in [2.45, 2.75) is 0 Å². The van der Waals surface area contributed by atoms with Crippen LogP contribution < -0.4 is 4.74 Å². The van der Waals surface area contributed by atoms with Crippen molar-refractivity contribution < 1.29 is 14.6 Å². The second-order valence-corrected chi connectivity index (χ2v) is 3.21. The van der Waals surface area contributed by atoms with Gasteiger partial charge in [0.25, 0.3) is 0 Å². The second-order valence-electron chi connectivity index (χ2n) is 2.81. The first-order chi connectivity index (χ1) is 7.63. The summed E-state index contributed by atoms with van der Waals surface area (Å²) in [6.07, 6.45) is 2.36. The van der Waals surface area contributed by atoms with Crippen LogP contribution in [0.5, 0.6) is 5.75 Å². The van der Waals surface area contributed by atoms with Gasteiger partial charge in [-0.1, -0.05) is 11.6 Å². The summed E-state index contributed by atoms with van der Waals surface area (Å²) < 4.78 is 5.19. The first kappa shape index (κ1) is 12.1. The number of hydrogen-bond donors (Lipinski definition) is 1. The fourth-order valence-corrected chi connectivity index (χ4v) is 1.18. The molecule has 1 rings (SSSR count). The van der Waals surface area contributed by atoms with Crippen molar-refractivity contribution in [2.24, 2.45) is 0 Å². The lowest BCUT2D eigenvalue weighted by Gasteiger charge is -2.03. The maximum absolute atomic E-state index is 10.1. The lowest BCUT2D eigenvalue weighted by Crippen LogP contribution is -1.95. The van der Waals surface area contributed by atoms with E-state index >= 15 is 0 Å². The largest absolute Gasteiger partial charge is 0.489 e. The summed E-state index contributed by atoms with van der Waals surface area (Å²) in [5.74, 6) is -0.541. The van der Waals surface area contributed by atoms with E-state index in [2.05, 4.69) is 0 Å². The van der Waals surface area contributed by atoms with Gasteiger partial charge in [0, 0.05) is 12.1 Å². The Morgan fingerprint density at radius 1 is 1.62 bits per heavy atom. The van der Waals surface area contributed by atoms with Gasteiger partial charge in [0.05, 0.1) is 10.6 Å². The molecule has 0 aliphatic heterocycles. The Morgan fingerprint density at radius 3 is 2.94 bits per heavy atom. The molecule has 0 fully saturated rings. The van der Waals surface area contributed by atoms with Gasteiger partial charge in [0.15, 0.2) is 0 Å². The van der Waals surface area contributed by atoms with Gasteiger partial charge in [-0.2, -0.15) is 5.26 Å². The molecule has 1 aromatic rings. The molecule has 0 atom stereocenters. The number of carbonyl (C=O) groups is 1. The van der Waals surface area contributed by atoms with Gasteiger partial charge < -0.3 is 9.84 Å². The van der Waals surface area contributed by atoms with E-state index in [4.69, 9.17) is 26.7 Å². The molecule has 0 aliphatic carbocycles. The Bertz CT molecular complexity index is 463. The molecule has 0 aliphatic rings. The third kappa shape index (κ3) is 3.64. The summed E-state index contributed by atoms with van der Waals surface area (Å²) in [6.45, 7) is 0.133. The minimum Gasteiger partial charge on any atom is -0.489 e. The number of ether oxygens (including phenoxy) is 1. The van der Waals surface area contributed by atoms with E-state index in [1.807, 2.05) is 6.07 Å².